The van der Waals surface area contributed by atoms with Crippen LogP contribution in [0.25, 0.3) is 0 Å². The summed E-state index contributed by atoms with van der Waals surface area (Å²) in [6.07, 6.45) is -3.89. The predicted molar refractivity (Wildman–Crippen MR) is 65.5 cm³/mol. The second-order valence-electron chi connectivity index (χ2n) is 4.00. The van der Waals surface area contributed by atoms with Gasteiger partial charge < -0.3 is 5.73 Å². The van der Waals surface area contributed by atoms with Crippen LogP contribution in [0, 0.1) is 0 Å². The molecule has 0 aromatic heterocycles. The zero-order valence-electron chi connectivity index (χ0n) is 9.31. The summed E-state index contributed by atoms with van der Waals surface area (Å²) in [5.74, 6) is 0. The zero-order valence-corrected chi connectivity index (χ0v) is 10.9. The maximum Gasteiger partial charge on any atom is 0.416 e. The van der Waals surface area contributed by atoms with Crippen LogP contribution in [0.15, 0.2) is 34.8 Å². The van der Waals surface area contributed by atoms with E-state index in [0.29, 0.717) is 16.5 Å². The number of rotatable bonds is 3. The average Bonchev–Trinajstić information content (AvgIpc) is 2.15. The van der Waals surface area contributed by atoms with Crippen LogP contribution >= 0.6 is 15.9 Å². The van der Waals surface area contributed by atoms with E-state index in [4.69, 9.17) is 5.73 Å². The first-order valence-electron chi connectivity index (χ1n) is 4.98. The van der Waals surface area contributed by atoms with Crippen molar-refractivity contribution < 1.29 is 13.2 Å². The minimum absolute atomic E-state index is 0.447. The summed E-state index contributed by atoms with van der Waals surface area (Å²) in [5, 5.41) is 0. The molecule has 0 bridgehead atoms. The van der Waals surface area contributed by atoms with Gasteiger partial charge in [0.25, 0.3) is 0 Å². The van der Waals surface area contributed by atoms with E-state index in [9.17, 15) is 13.2 Å². The van der Waals surface area contributed by atoms with Gasteiger partial charge in [-0.3, -0.25) is 0 Å². The van der Waals surface area contributed by atoms with Crippen molar-refractivity contribution in [2.45, 2.75) is 25.6 Å². The predicted octanol–water partition coefficient (Wildman–Crippen LogP) is 4.43. The van der Waals surface area contributed by atoms with Crippen LogP contribution < -0.4 is 5.73 Å². The molecule has 0 fully saturated rings. The topological polar surface area (TPSA) is 26.0 Å². The molecule has 0 spiro atoms. The van der Waals surface area contributed by atoms with Crippen LogP contribution in [0.1, 0.15) is 30.5 Å². The molecule has 0 aliphatic rings. The molecule has 1 aromatic carbocycles. The van der Waals surface area contributed by atoms with Crippen molar-refractivity contribution in [3.63, 3.8) is 0 Å². The Morgan fingerprint density at radius 1 is 1.47 bits per heavy atom. The molecule has 1 rings (SSSR count). The van der Waals surface area contributed by atoms with Crippen LogP contribution in [-0.4, -0.2) is 0 Å². The Balaban J connectivity index is 3.10. The Bertz CT molecular complexity index is 426. The standard InChI is InChI=1S/C12H13BrF3N/c1-7(2)5-11(17)9-6-8(12(14,15)16)3-4-10(9)13/h3-4,6,11H,1,5,17H2,2H3. The molecule has 0 saturated carbocycles. The quantitative estimate of drug-likeness (QED) is 0.821. The summed E-state index contributed by atoms with van der Waals surface area (Å²) in [4.78, 5) is 0. The lowest BCUT2D eigenvalue weighted by Gasteiger charge is -2.16. The summed E-state index contributed by atoms with van der Waals surface area (Å²) in [7, 11) is 0. The summed E-state index contributed by atoms with van der Waals surface area (Å²) in [5.41, 5.74) is 6.45. The summed E-state index contributed by atoms with van der Waals surface area (Å²) in [6.45, 7) is 5.50. The number of hydrogen-bond acceptors (Lipinski definition) is 1. The van der Waals surface area contributed by atoms with E-state index in [1.165, 1.54) is 6.07 Å². The molecule has 2 N–H and O–H groups in total. The molecule has 94 valence electrons. The molecule has 1 nitrogen and oxygen atoms in total. The Morgan fingerprint density at radius 2 is 2.06 bits per heavy atom. The van der Waals surface area contributed by atoms with Gasteiger partial charge in [-0.15, -0.1) is 6.58 Å². The van der Waals surface area contributed by atoms with Crippen molar-refractivity contribution in [1.29, 1.82) is 0 Å². The average molecular weight is 308 g/mol. The third kappa shape index (κ3) is 3.85. The highest BCUT2D eigenvalue weighted by atomic mass is 79.9. The SMILES string of the molecule is C=C(C)CC(N)c1cc(C(F)(F)F)ccc1Br. The van der Waals surface area contributed by atoms with Crippen molar-refractivity contribution >= 4 is 15.9 Å². The number of benzene rings is 1. The van der Waals surface area contributed by atoms with Crippen LogP contribution in [0.2, 0.25) is 0 Å². The molecule has 0 aliphatic carbocycles. The van der Waals surface area contributed by atoms with Gasteiger partial charge in [0.05, 0.1) is 5.56 Å². The molecule has 0 heterocycles. The van der Waals surface area contributed by atoms with Gasteiger partial charge in [-0.25, -0.2) is 0 Å². The Kier molecular flexibility index (Phi) is 4.38. The number of halogens is 4. The van der Waals surface area contributed by atoms with Crippen LogP contribution in [0.3, 0.4) is 0 Å². The maximum absolute atomic E-state index is 12.6. The van der Waals surface area contributed by atoms with Crippen molar-refractivity contribution in [3.8, 4) is 0 Å². The fourth-order valence-electron chi connectivity index (χ4n) is 1.49. The zero-order chi connectivity index (χ0) is 13.2. The minimum atomic E-state index is -4.35. The molecular formula is C12H13BrF3N. The van der Waals surface area contributed by atoms with Crippen LogP contribution in [0.4, 0.5) is 13.2 Å². The van der Waals surface area contributed by atoms with Gasteiger partial charge in [0.1, 0.15) is 0 Å². The van der Waals surface area contributed by atoms with Gasteiger partial charge in [-0.05, 0) is 37.1 Å². The van der Waals surface area contributed by atoms with E-state index in [0.717, 1.165) is 17.7 Å². The molecule has 1 unspecified atom stereocenters. The smallest absolute Gasteiger partial charge is 0.324 e. The van der Waals surface area contributed by atoms with Gasteiger partial charge >= 0.3 is 6.18 Å². The number of alkyl halides is 3. The summed E-state index contributed by atoms with van der Waals surface area (Å²) in [6, 6.07) is 3.00. The molecule has 0 aliphatic heterocycles. The van der Waals surface area contributed by atoms with Crippen molar-refractivity contribution in [3.05, 3.63) is 46.0 Å². The highest BCUT2D eigenvalue weighted by Crippen LogP contribution is 2.34. The lowest BCUT2D eigenvalue weighted by molar-refractivity contribution is -0.137. The van der Waals surface area contributed by atoms with E-state index < -0.39 is 17.8 Å². The van der Waals surface area contributed by atoms with Gasteiger partial charge in [0, 0.05) is 10.5 Å². The Morgan fingerprint density at radius 3 is 2.53 bits per heavy atom. The Labute approximate surface area is 107 Å². The molecule has 5 heteroatoms. The lowest BCUT2D eigenvalue weighted by atomic mass is 9.99. The molecule has 0 radical (unpaired) electrons. The second kappa shape index (κ2) is 5.23. The largest absolute Gasteiger partial charge is 0.416 e. The second-order valence-corrected chi connectivity index (χ2v) is 4.86. The van der Waals surface area contributed by atoms with Crippen molar-refractivity contribution in [2.75, 3.05) is 0 Å². The summed E-state index contributed by atoms with van der Waals surface area (Å²) < 4.78 is 38.2. The van der Waals surface area contributed by atoms with E-state index in [-0.39, 0.29) is 0 Å². The molecular weight excluding hydrogens is 295 g/mol. The highest BCUT2D eigenvalue weighted by Gasteiger charge is 2.31. The van der Waals surface area contributed by atoms with Gasteiger partial charge in [0.15, 0.2) is 0 Å². The van der Waals surface area contributed by atoms with Gasteiger partial charge in [0.2, 0.25) is 0 Å². The van der Waals surface area contributed by atoms with E-state index in [1.54, 1.807) is 6.92 Å². The maximum atomic E-state index is 12.6. The number of nitrogens with two attached hydrogens (primary N) is 1. The van der Waals surface area contributed by atoms with Gasteiger partial charge in [-0.1, -0.05) is 21.5 Å². The minimum Gasteiger partial charge on any atom is -0.324 e. The third-order valence-corrected chi connectivity index (χ3v) is 3.01. The number of hydrogen-bond donors (Lipinski definition) is 1. The summed E-state index contributed by atoms with van der Waals surface area (Å²) >= 11 is 3.21. The molecule has 1 aromatic rings. The van der Waals surface area contributed by atoms with E-state index in [2.05, 4.69) is 22.5 Å². The van der Waals surface area contributed by atoms with E-state index >= 15 is 0 Å². The van der Waals surface area contributed by atoms with Crippen LogP contribution in [-0.2, 0) is 6.18 Å². The third-order valence-electron chi connectivity index (χ3n) is 2.29. The monoisotopic (exact) mass is 307 g/mol. The lowest BCUT2D eigenvalue weighted by Crippen LogP contribution is -2.13. The first-order valence-corrected chi connectivity index (χ1v) is 5.77. The molecule has 0 amide bonds. The van der Waals surface area contributed by atoms with E-state index in [1.807, 2.05) is 0 Å². The fraction of sp³-hybridized carbons (Fsp3) is 0.333. The molecule has 1 atom stereocenters. The van der Waals surface area contributed by atoms with Gasteiger partial charge in [-0.2, -0.15) is 13.2 Å². The first-order chi connectivity index (χ1) is 7.71. The molecule has 0 saturated heterocycles. The normalized spacial score (nSPS) is 13.5. The highest BCUT2D eigenvalue weighted by molar-refractivity contribution is 9.10. The molecule has 17 heavy (non-hydrogen) atoms. The fourth-order valence-corrected chi connectivity index (χ4v) is 2.03. The van der Waals surface area contributed by atoms with Crippen LogP contribution in [0.5, 0.6) is 0 Å². The Hall–Kier alpha value is -0.810. The van der Waals surface area contributed by atoms with Crippen molar-refractivity contribution in [1.82, 2.24) is 0 Å². The first kappa shape index (κ1) is 14.3. The van der Waals surface area contributed by atoms with Crippen molar-refractivity contribution in [2.24, 2.45) is 5.73 Å².